The molecule has 2 unspecified atom stereocenters. The summed E-state index contributed by atoms with van der Waals surface area (Å²) >= 11 is 0. The van der Waals surface area contributed by atoms with E-state index in [4.69, 9.17) is 0 Å². The SMILES string of the molecule is O=C(Nc1cccc(OC(F)F)c1)NC1CCCCC1O. The van der Waals surface area contributed by atoms with Gasteiger partial charge < -0.3 is 20.5 Å². The molecule has 3 N–H and O–H groups in total. The second kappa shape index (κ2) is 7.21. The summed E-state index contributed by atoms with van der Waals surface area (Å²) in [6.07, 6.45) is 2.76. The van der Waals surface area contributed by atoms with Gasteiger partial charge in [0, 0.05) is 11.8 Å². The number of hydrogen-bond donors (Lipinski definition) is 3. The standard InChI is InChI=1S/C14H18F2N2O3/c15-13(16)21-10-5-3-4-9(8-10)17-14(20)18-11-6-1-2-7-12(11)19/h3-5,8,11-13,19H,1-2,6-7H2,(H2,17,18,20). The number of rotatable bonds is 4. The smallest absolute Gasteiger partial charge is 0.387 e. The Balaban J connectivity index is 1.90. The minimum absolute atomic E-state index is 0.0273. The molecule has 1 aromatic rings. The van der Waals surface area contributed by atoms with E-state index in [1.165, 1.54) is 18.2 Å². The molecule has 0 heterocycles. The van der Waals surface area contributed by atoms with E-state index in [0.717, 1.165) is 19.3 Å². The van der Waals surface area contributed by atoms with Crippen LogP contribution in [0.3, 0.4) is 0 Å². The molecule has 21 heavy (non-hydrogen) atoms. The number of hydrogen-bond acceptors (Lipinski definition) is 3. The minimum atomic E-state index is -2.91. The summed E-state index contributed by atoms with van der Waals surface area (Å²) in [5.74, 6) is -0.0273. The zero-order chi connectivity index (χ0) is 15.2. The van der Waals surface area contributed by atoms with Crippen molar-refractivity contribution in [3.63, 3.8) is 0 Å². The summed E-state index contributed by atoms with van der Waals surface area (Å²) < 4.78 is 28.5. The molecular weight excluding hydrogens is 282 g/mol. The van der Waals surface area contributed by atoms with Crippen LogP contribution >= 0.6 is 0 Å². The second-order valence-corrected chi connectivity index (χ2v) is 4.96. The predicted molar refractivity (Wildman–Crippen MR) is 73.5 cm³/mol. The maximum absolute atomic E-state index is 12.1. The van der Waals surface area contributed by atoms with E-state index in [0.29, 0.717) is 12.1 Å². The lowest BCUT2D eigenvalue weighted by Gasteiger charge is -2.28. The number of urea groups is 1. The van der Waals surface area contributed by atoms with E-state index in [9.17, 15) is 18.7 Å². The quantitative estimate of drug-likeness (QED) is 0.800. The van der Waals surface area contributed by atoms with E-state index < -0.39 is 18.7 Å². The zero-order valence-corrected chi connectivity index (χ0v) is 11.4. The van der Waals surface area contributed by atoms with Crippen LogP contribution in [0.1, 0.15) is 25.7 Å². The average Bonchev–Trinajstić information content (AvgIpc) is 2.41. The van der Waals surface area contributed by atoms with Gasteiger partial charge in [-0.2, -0.15) is 8.78 Å². The largest absolute Gasteiger partial charge is 0.435 e. The van der Waals surface area contributed by atoms with Crippen molar-refractivity contribution < 1.29 is 23.4 Å². The Morgan fingerprint density at radius 1 is 1.33 bits per heavy atom. The van der Waals surface area contributed by atoms with Gasteiger partial charge >= 0.3 is 12.6 Å². The van der Waals surface area contributed by atoms with Gasteiger partial charge in [-0.05, 0) is 25.0 Å². The molecule has 0 aliphatic heterocycles. The molecule has 2 amide bonds. The predicted octanol–water partition coefficient (Wildman–Crippen LogP) is 2.71. The molecule has 0 spiro atoms. The Morgan fingerprint density at radius 3 is 2.81 bits per heavy atom. The summed E-state index contributed by atoms with van der Waals surface area (Å²) in [5, 5.41) is 15.0. The number of amides is 2. The molecule has 1 aliphatic rings. The second-order valence-electron chi connectivity index (χ2n) is 4.96. The van der Waals surface area contributed by atoms with Crippen molar-refractivity contribution in [1.82, 2.24) is 5.32 Å². The Bertz CT molecular complexity index is 485. The van der Waals surface area contributed by atoms with Crippen LogP contribution in [0.4, 0.5) is 19.3 Å². The van der Waals surface area contributed by atoms with E-state index in [1.807, 2.05) is 0 Å². The van der Waals surface area contributed by atoms with Gasteiger partial charge in [-0.25, -0.2) is 4.79 Å². The van der Waals surface area contributed by atoms with Gasteiger partial charge in [-0.3, -0.25) is 0 Å². The number of halogens is 2. The Hall–Kier alpha value is -1.89. The highest BCUT2D eigenvalue weighted by Crippen LogP contribution is 2.20. The number of carbonyl (C=O) groups excluding carboxylic acids is 1. The maximum Gasteiger partial charge on any atom is 0.387 e. The van der Waals surface area contributed by atoms with E-state index in [2.05, 4.69) is 15.4 Å². The van der Waals surface area contributed by atoms with Crippen LogP contribution in [-0.2, 0) is 0 Å². The Morgan fingerprint density at radius 2 is 2.10 bits per heavy atom. The van der Waals surface area contributed by atoms with Crippen LogP contribution in [0.25, 0.3) is 0 Å². The van der Waals surface area contributed by atoms with Crippen molar-refractivity contribution in [2.75, 3.05) is 5.32 Å². The lowest BCUT2D eigenvalue weighted by Crippen LogP contribution is -2.46. The molecule has 2 rings (SSSR count). The molecule has 1 fully saturated rings. The highest BCUT2D eigenvalue weighted by Gasteiger charge is 2.24. The average molecular weight is 300 g/mol. The Labute approximate surface area is 121 Å². The molecule has 0 bridgehead atoms. The van der Waals surface area contributed by atoms with Crippen molar-refractivity contribution >= 4 is 11.7 Å². The van der Waals surface area contributed by atoms with Gasteiger partial charge in [-0.15, -0.1) is 0 Å². The van der Waals surface area contributed by atoms with Gasteiger partial charge in [0.05, 0.1) is 12.1 Å². The molecule has 0 saturated heterocycles. The van der Waals surface area contributed by atoms with Gasteiger partial charge in [0.25, 0.3) is 0 Å². The third-order valence-corrected chi connectivity index (χ3v) is 3.36. The van der Waals surface area contributed by atoms with Gasteiger partial charge in [0.2, 0.25) is 0 Å². The molecule has 2 atom stereocenters. The summed E-state index contributed by atoms with van der Waals surface area (Å²) in [7, 11) is 0. The van der Waals surface area contributed by atoms with Gasteiger partial charge in [-0.1, -0.05) is 18.9 Å². The fraction of sp³-hybridized carbons (Fsp3) is 0.500. The first kappa shape index (κ1) is 15.5. The maximum atomic E-state index is 12.1. The van der Waals surface area contributed by atoms with E-state index in [-0.39, 0.29) is 11.8 Å². The molecule has 1 aliphatic carbocycles. The molecule has 5 nitrogen and oxygen atoms in total. The highest BCUT2D eigenvalue weighted by atomic mass is 19.3. The number of aliphatic hydroxyl groups excluding tert-OH is 1. The van der Waals surface area contributed by atoms with Crippen molar-refractivity contribution in [3.05, 3.63) is 24.3 Å². The highest BCUT2D eigenvalue weighted by molar-refractivity contribution is 5.89. The third kappa shape index (κ3) is 4.86. The third-order valence-electron chi connectivity index (χ3n) is 3.36. The topological polar surface area (TPSA) is 70.6 Å². The van der Waals surface area contributed by atoms with Crippen LogP contribution in [0.15, 0.2) is 24.3 Å². The fourth-order valence-electron chi connectivity index (χ4n) is 2.37. The number of anilines is 1. The normalized spacial score (nSPS) is 21.9. The molecule has 116 valence electrons. The molecule has 1 saturated carbocycles. The molecular formula is C14H18F2N2O3. The van der Waals surface area contributed by atoms with Crippen molar-refractivity contribution in [3.8, 4) is 5.75 Å². The van der Waals surface area contributed by atoms with Crippen LogP contribution in [0, 0.1) is 0 Å². The first-order valence-electron chi connectivity index (χ1n) is 6.85. The van der Waals surface area contributed by atoms with Crippen molar-refractivity contribution in [2.24, 2.45) is 0 Å². The monoisotopic (exact) mass is 300 g/mol. The summed E-state index contributed by atoms with van der Waals surface area (Å²) in [6, 6.07) is 5.00. The number of alkyl halides is 2. The van der Waals surface area contributed by atoms with Crippen LogP contribution in [-0.4, -0.2) is 29.9 Å². The first-order valence-corrected chi connectivity index (χ1v) is 6.85. The van der Waals surface area contributed by atoms with E-state index >= 15 is 0 Å². The molecule has 7 heteroatoms. The summed E-state index contributed by atoms with van der Waals surface area (Å²) in [4.78, 5) is 11.8. The van der Waals surface area contributed by atoms with Crippen LogP contribution in [0.2, 0.25) is 0 Å². The van der Waals surface area contributed by atoms with E-state index in [1.54, 1.807) is 6.07 Å². The number of nitrogens with one attached hydrogen (secondary N) is 2. The first-order chi connectivity index (χ1) is 10.0. The lowest BCUT2D eigenvalue weighted by atomic mass is 9.93. The van der Waals surface area contributed by atoms with Gasteiger partial charge in [0.15, 0.2) is 0 Å². The summed E-state index contributed by atoms with van der Waals surface area (Å²) in [5.41, 5.74) is 0.343. The van der Waals surface area contributed by atoms with Crippen LogP contribution in [0.5, 0.6) is 5.75 Å². The van der Waals surface area contributed by atoms with Gasteiger partial charge in [0.1, 0.15) is 5.75 Å². The molecule has 0 radical (unpaired) electrons. The zero-order valence-electron chi connectivity index (χ0n) is 11.4. The fourth-order valence-corrected chi connectivity index (χ4v) is 2.37. The number of carbonyl (C=O) groups is 1. The van der Waals surface area contributed by atoms with Crippen molar-refractivity contribution in [2.45, 2.75) is 44.4 Å². The number of ether oxygens (including phenoxy) is 1. The van der Waals surface area contributed by atoms with Crippen molar-refractivity contribution in [1.29, 1.82) is 0 Å². The summed E-state index contributed by atoms with van der Waals surface area (Å²) in [6.45, 7) is -2.91. The molecule has 1 aromatic carbocycles. The minimum Gasteiger partial charge on any atom is -0.435 e. The molecule has 0 aromatic heterocycles. The Kier molecular flexibility index (Phi) is 5.32. The lowest BCUT2D eigenvalue weighted by molar-refractivity contribution is -0.0497. The number of aliphatic hydroxyl groups is 1. The number of benzene rings is 1. The van der Waals surface area contributed by atoms with Crippen LogP contribution < -0.4 is 15.4 Å².